The number of thiophene rings is 1. The fourth-order valence-corrected chi connectivity index (χ4v) is 4.34. The summed E-state index contributed by atoms with van der Waals surface area (Å²) in [7, 11) is 0. The second kappa shape index (κ2) is 8.63. The number of nitrogens with zero attached hydrogens (tertiary/aromatic N) is 2. The third-order valence-electron chi connectivity index (χ3n) is 4.72. The van der Waals surface area contributed by atoms with E-state index in [9.17, 15) is 4.79 Å². The Labute approximate surface area is 165 Å². The van der Waals surface area contributed by atoms with E-state index >= 15 is 0 Å². The first kappa shape index (κ1) is 19.5. The van der Waals surface area contributed by atoms with Gasteiger partial charge in [-0.25, -0.2) is 4.98 Å². The molecule has 5 heteroatoms. The number of hydrogen-bond donors (Lipinski definition) is 1. The zero-order valence-electron chi connectivity index (χ0n) is 16.4. The van der Waals surface area contributed by atoms with Gasteiger partial charge in [0.2, 0.25) is 0 Å². The average Bonchev–Trinajstić information content (AvgIpc) is 3.08. The first-order chi connectivity index (χ1) is 13.0. The molecule has 4 nitrogen and oxygen atoms in total. The van der Waals surface area contributed by atoms with Gasteiger partial charge in [0.15, 0.2) is 0 Å². The van der Waals surface area contributed by atoms with Crippen LogP contribution in [-0.2, 0) is 0 Å². The summed E-state index contributed by atoms with van der Waals surface area (Å²) in [4.78, 5) is 19.5. The molecule has 0 fully saturated rings. The van der Waals surface area contributed by atoms with Crippen molar-refractivity contribution in [3.05, 3.63) is 53.5 Å². The van der Waals surface area contributed by atoms with Crippen molar-refractivity contribution >= 4 is 27.3 Å². The molecule has 0 unspecified atom stereocenters. The molecule has 2 heterocycles. The molecule has 3 aromatic rings. The summed E-state index contributed by atoms with van der Waals surface area (Å²) >= 11 is 1.70. The normalized spacial score (nSPS) is 11.7. The van der Waals surface area contributed by atoms with Crippen LogP contribution in [0.25, 0.3) is 21.3 Å². The lowest BCUT2D eigenvalue weighted by molar-refractivity contribution is 0.0934. The van der Waals surface area contributed by atoms with E-state index in [1.54, 1.807) is 17.4 Å². The van der Waals surface area contributed by atoms with E-state index in [1.165, 1.54) is 10.1 Å². The quantitative estimate of drug-likeness (QED) is 0.639. The standard InChI is InChI=1S/C22H27N3OS/c1-15(2)25(16(3)4)13-12-23-22(26)20-10-7-9-19(24-20)18-14-27-21-11-6-5-8-17(18)21/h5-11,14-16H,12-13H2,1-4H3,(H,23,26). The Kier molecular flexibility index (Phi) is 6.24. The fraction of sp³-hybridized carbons (Fsp3) is 0.364. The molecular weight excluding hydrogens is 354 g/mol. The summed E-state index contributed by atoms with van der Waals surface area (Å²) in [5.74, 6) is -0.121. The van der Waals surface area contributed by atoms with Gasteiger partial charge >= 0.3 is 0 Å². The lowest BCUT2D eigenvalue weighted by Gasteiger charge is -2.30. The molecule has 2 aromatic heterocycles. The van der Waals surface area contributed by atoms with Crippen LogP contribution in [0.5, 0.6) is 0 Å². The van der Waals surface area contributed by atoms with Crippen LogP contribution >= 0.6 is 11.3 Å². The van der Waals surface area contributed by atoms with Gasteiger partial charge in [0.25, 0.3) is 5.91 Å². The van der Waals surface area contributed by atoms with Gasteiger partial charge in [0.05, 0.1) is 5.69 Å². The summed E-state index contributed by atoms with van der Waals surface area (Å²) in [6.07, 6.45) is 0. The molecule has 0 aliphatic carbocycles. The van der Waals surface area contributed by atoms with E-state index in [-0.39, 0.29) is 5.91 Å². The molecule has 0 radical (unpaired) electrons. The molecule has 0 atom stereocenters. The molecule has 0 aliphatic heterocycles. The van der Waals surface area contributed by atoms with E-state index in [4.69, 9.17) is 0 Å². The predicted octanol–water partition coefficient (Wildman–Crippen LogP) is 4.81. The maximum absolute atomic E-state index is 12.6. The number of rotatable bonds is 7. The third kappa shape index (κ3) is 4.54. The van der Waals surface area contributed by atoms with Crippen LogP contribution in [0, 0.1) is 0 Å². The van der Waals surface area contributed by atoms with Crippen LogP contribution in [0.2, 0.25) is 0 Å². The molecule has 0 saturated carbocycles. The first-order valence-electron chi connectivity index (χ1n) is 9.45. The first-order valence-corrected chi connectivity index (χ1v) is 10.3. The van der Waals surface area contributed by atoms with Gasteiger partial charge in [-0.1, -0.05) is 24.3 Å². The lowest BCUT2D eigenvalue weighted by Crippen LogP contribution is -2.42. The van der Waals surface area contributed by atoms with Crippen LogP contribution in [0.4, 0.5) is 0 Å². The van der Waals surface area contributed by atoms with E-state index in [0.717, 1.165) is 17.8 Å². The van der Waals surface area contributed by atoms with Crippen molar-refractivity contribution in [2.45, 2.75) is 39.8 Å². The van der Waals surface area contributed by atoms with Crippen molar-refractivity contribution in [2.75, 3.05) is 13.1 Å². The zero-order valence-corrected chi connectivity index (χ0v) is 17.2. The Morgan fingerprint density at radius 1 is 1.07 bits per heavy atom. The van der Waals surface area contributed by atoms with Gasteiger partial charge in [-0.2, -0.15) is 0 Å². The highest BCUT2D eigenvalue weighted by molar-refractivity contribution is 7.17. The second-order valence-corrected chi connectivity index (χ2v) is 8.15. The Bertz CT molecular complexity index is 909. The zero-order chi connectivity index (χ0) is 19.4. The van der Waals surface area contributed by atoms with E-state index in [0.29, 0.717) is 24.3 Å². The number of nitrogens with one attached hydrogen (secondary N) is 1. The van der Waals surface area contributed by atoms with Crippen molar-refractivity contribution in [1.82, 2.24) is 15.2 Å². The summed E-state index contributed by atoms with van der Waals surface area (Å²) in [6, 6.07) is 14.8. The predicted molar refractivity (Wildman–Crippen MR) is 114 cm³/mol. The molecule has 1 N–H and O–H groups in total. The van der Waals surface area contributed by atoms with Crippen molar-refractivity contribution in [3.63, 3.8) is 0 Å². The Morgan fingerprint density at radius 3 is 2.56 bits per heavy atom. The van der Waals surface area contributed by atoms with Gasteiger partial charge in [0.1, 0.15) is 5.69 Å². The van der Waals surface area contributed by atoms with Crippen molar-refractivity contribution in [2.24, 2.45) is 0 Å². The monoisotopic (exact) mass is 381 g/mol. The molecule has 0 bridgehead atoms. The summed E-state index contributed by atoms with van der Waals surface area (Å²) in [6.45, 7) is 10.2. The number of benzene rings is 1. The van der Waals surface area contributed by atoms with E-state index < -0.39 is 0 Å². The average molecular weight is 382 g/mol. The maximum Gasteiger partial charge on any atom is 0.269 e. The summed E-state index contributed by atoms with van der Waals surface area (Å²) in [5.41, 5.74) is 2.38. The van der Waals surface area contributed by atoms with E-state index in [1.807, 2.05) is 24.3 Å². The van der Waals surface area contributed by atoms with Crippen LogP contribution < -0.4 is 5.32 Å². The smallest absolute Gasteiger partial charge is 0.269 e. The largest absolute Gasteiger partial charge is 0.349 e. The highest BCUT2D eigenvalue weighted by Gasteiger charge is 2.15. The molecular formula is C22H27N3OS. The molecule has 1 aromatic carbocycles. The minimum atomic E-state index is -0.121. The van der Waals surface area contributed by atoms with Crippen molar-refractivity contribution in [3.8, 4) is 11.3 Å². The molecule has 27 heavy (non-hydrogen) atoms. The highest BCUT2D eigenvalue weighted by Crippen LogP contribution is 2.32. The molecule has 0 aliphatic rings. The van der Waals surface area contributed by atoms with Gasteiger partial charge in [0, 0.05) is 46.2 Å². The number of aromatic nitrogens is 1. The van der Waals surface area contributed by atoms with Crippen LogP contribution in [0.1, 0.15) is 38.2 Å². The molecule has 1 amide bonds. The topological polar surface area (TPSA) is 45.2 Å². The van der Waals surface area contributed by atoms with Gasteiger partial charge < -0.3 is 5.32 Å². The number of carbonyl (C=O) groups is 1. The van der Waals surface area contributed by atoms with E-state index in [2.05, 4.69) is 60.4 Å². The highest BCUT2D eigenvalue weighted by atomic mass is 32.1. The van der Waals surface area contributed by atoms with Crippen molar-refractivity contribution in [1.29, 1.82) is 0 Å². The maximum atomic E-state index is 12.6. The molecule has 3 rings (SSSR count). The number of fused-ring (bicyclic) bond motifs is 1. The number of pyridine rings is 1. The minimum absolute atomic E-state index is 0.121. The molecule has 142 valence electrons. The van der Waals surface area contributed by atoms with Crippen LogP contribution in [0.15, 0.2) is 47.8 Å². The molecule has 0 saturated heterocycles. The number of carbonyl (C=O) groups excluding carboxylic acids is 1. The Morgan fingerprint density at radius 2 is 1.81 bits per heavy atom. The van der Waals surface area contributed by atoms with Gasteiger partial charge in [-0.05, 0) is 45.9 Å². The van der Waals surface area contributed by atoms with Gasteiger partial charge in [-0.15, -0.1) is 11.3 Å². The summed E-state index contributed by atoms with van der Waals surface area (Å²) in [5, 5.41) is 6.30. The lowest BCUT2D eigenvalue weighted by atomic mass is 10.1. The van der Waals surface area contributed by atoms with Crippen molar-refractivity contribution < 1.29 is 4.79 Å². The number of amides is 1. The molecule has 0 spiro atoms. The van der Waals surface area contributed by atoms with Crippen LogP contribution in [0.3, 0.4) is 0 Å². The Hall–Kier alpha value is -2.24. The SMILES string of the molecule is CC(C)N(CCNC(=O)c1cccc(-c2csc3ccccc23)n1)C(C)C. The van der Waals surface area contributed by atoms with Gasteiger partial charge in [-0.3, -0.25) is 9.69 Å². The van der Waals surface area contributed by atoms with Crippen LogP contribution in [-0.4, -0.2) is 41.0 Å². The Balaban J connectivity index is 1.71. The number of hydrogen-bond acceptors (Lipinski definition) is 4. The minimum Gasteiger partial charge on any atom is -0.349 e. The summed E-state index contributed by atoms with van der Waals surface area (Å²) < 4.78 is 1.23. The fourth-order valence-electron chi connectivity index (χ4n) is 3.39. The third-order valence-corrected chi connectivity index (χ3v) is 5.68. The second-order valence-electron chi connectivity index (χ2n) is 7.23.